The number of hydrogen-bond acceptors (Lipinski definition) is 4. The minimum atomic E-state index is 0.198. The Morgan fingerprint density at radius 3 is 2.22 bits per heavy atom. The van der Waals surface area contributed by atoms with Crippen molar-refractivity contribution in [2.24, 2.45) is 0 Å². The lowest BCUT2D eigenvalue weighted by molar-refractivity contribution is -0.131. The van der Waals surface area contributed by atoms with Crippen LogP contribution in [-0.2, 0) is 4.79 Å². The van der Waals surface area contributed by atoms with Gasteiger partial charge in [0.2, 0.25) is 5.91 Å². The number of methoxy groups -OCH3 is 1. The normalized spacial score (nSPS) is 14.1. The van der Waals surface area contributed by atoms with E-state index in [1.807, 2.05) is 29.2 Å². The quantitative estimate of drug-likeness (QED) is 0.675. The van der Waals surface area contributed by atoms with Crippen LogP contribution in [0.1, 0.15) is 12.8 Å². The van der Waals surface area contributed by atoms with Gasteiger partial charge < -0.3 is 19.3 Å². The molecule has 6 heteroatoms. The first-order chi connectivity index (χ1) is 13.2. The Morgan fingerprint density at radius 1 is 0.963 bits per heavy atom. The van der Waals surface area contributed by atoms with E-state index < -0.39 is 0 Å². The zero-order valence-electron chi connectivity index (χ0n) is 15.6. The fourth-order valence-electron chi connectivity index (χ4n) is 3.11. The smallest absolute Gasteiger partial charge is 0.222 e. The SMILES string of the molecule is COc1ccc(N2CCN(C(=O)CCCOc3ccc(Cl)cc3)CC2)cc1. The van der Waals surface area contributed by atoms with E-state index in [9.17, 15) is 4.79 Å². The summed E-state index contributed by atoms with van der Waals surface area (Å²) in [5, 5.41) is 0.686. The van der Waals surface area contributed by atoms with Gasteiger partial charge in [-0.05, 0) is 55.0 Å². The van der Waals surface area contributed by atoms with Crippen molar-refractivity contribution in [3.63, 3.8) is 0 Å². The molecule has 0 unspecified atom stereocenters. The fraction of sp³-hybridized carbons (Fsp3) is 0.381. The van der Waals surface area contributed by atoms with Gasteiger partial charge in [0.1, 0.15) is 11.5 Å². The Hall–Kier alpha value is -2.40. The molecule has 0 aliphatic carbocycles. The lowest BCUT2D eigenvalue weighted by Gasteiger charge is -2.36. The predicted molar refractivity (Wildman–Crippen MR) is 108 cm³/mol. The van der Waals surface area contributed by atoms with Crippen LogP contribution >= 0.6 is 11.6 Å². The monoisotopic (exact) mass is 388 g/mol. The average molecular weight is 389 g/mol. The lowest BCUT2D eigenvalue weighted by Crippen LogP contribution is -2.48. The van der Waals surface area contributed by atoms with Gasteiger partial charge in [0.05, 0.1) is 13.7 Å². The number of piperazine rings is 1. The summed E-state index contributed by atoms with van der Waals surface area (Å²) >= 11 is 5.85. The summed E-state index contributed by atoms with van der Waals surface area (Å²) in [6.07, 6.45) is 1.22. The molecule has 0 aromatic heterocycles. The minimum Gasteiger partial charge on any atom is -0.497 e. The summed E-state index contributed by atoms with van der Waals surface area (Å²) in [7, 11) is 1.67. The Labute approximate surface area is 165 Å². The van der Waals surface area contributed by atoms with Gasteiger partial charge >= 0.3 is 0 Å². The number of benzene rings is 2. The first-order valence-electron chi connectivity index (χ1n) is 9.21. The minimum absolute atomic E-state index is 0.198. The zero-order valence-corrected chi connectivity index (χ0v) is 16.3. The zero-order chi connectivity index (χ0) is 19.1. The highest BCUT2D eigenvalue weighted by Crippen LogP contribution is 2.21. The second kappa shape index (κ2) is 9.51. The molecule has 1 aliphatic rings. The molecular weight excluding hydrogens is 364 g/mol. The number of carbonyl (C=O) groups is 1. The number of rotatable bonds is 7. The van der Waals surface area contributed by atoms with Crippen LogP contribution in [0.4, 0.5) is 5.69 Å². The molecule has 0 radical (unpaired) electrons. The Balaban J connectivity index is 1.37. The maximum atomic E-state index is 12.4. The van der Waals surface area contributed by atoms with Crippen molar-refractivity contribution < 1.29 is 14.3 Å². The number of amides is 1. The van der Waals surface area contributed by atoms with Crippen LogP contribution in [0, 0.1) is 0 Å². The summed E-state index contributed by atoms with van der Waals surface area (Å²) in [5.74, 6) is 1.83. The molecule has 1 fully saturated rings. The lowest BCUT2D eigenvalue weighted by atomic mass is 10.2. The van der Waals surface area contributed by atoms with Gasteiger partial charge in [-0.2, -0.15) is 0 Å². The Kier molecular flexibility index (Phi) is 6.82. The molecule has 3 rings (SSSR count). The molecule has 0 atom stereocenters. The van der Waals surface area contributed by atoms with E-state index in [0.29, 0.717) is 24.5 Å². The number of carbonyl (C=O) groups excluding carboxylic acids is 1. The number of halogens is 1. The molecular formula is C21H25ClN2O3. The third kappa shape index (κ3) is 5.54. The standard InChI is InChI=1S/C21H25ClN2O3/c1-26-19-10-6-18(7-11-19)23-12-14-24(15-13-23)21(25)3-2-16-27-20-8-4-17(22)5-9-20/h4-11H,2-3,12-16H2,1H3. The van der Waals surface area contributed by atoms with Gasteiger partial charge in [0.25, 0.3) is 0 Å². The van der Waals surface area contributed by atoms with E-state index in [2.05, 4.69) is 17.0 Å². The molecule has 0 N–H and O–H groups in total. The summed E-state index contributed by atoms with van der Waals surface area (Å²) in [4.78, 5) is 16.6. The van der Waals surface area contributed by atoms with Gasteiger partial charge in [-0.3, -0.25) is 4.79 Å². The highest BCUT2D eigenvalue weighted by Gasteiger charge is 2.20. The maximum Gasteiger partial charge on any atom is 0.222 e. The molecule has 2 aromatic rings. The molecule has 0 saturated carbocycles. The van der Waals surface area contributed by atoms with Crippen LogP contribution < -0.4 is 14.4 Å². The molecule has 1 heterocycles. The molecule has 1 aliphatic heterocycles. The molecule has 1 amide bonds. The Morgan fingerprint density at radius 2 is 1.59 bits per heavy atom. The van der Waals surface area contributed by atoms with E-state index in [4.69, 9.17) is 21.1 Å². The van der Waals surface area contributed by atoms with Crippen molar-refractivity contribution in [2.75, 3.05) is 44.8 Å². The summed E-state index contributed by atoms with van der Waals surface area (Å²) in [6.45, 7) is 3.73. The van der Waals surface area contributed by atoms with E-state index in [0.717, 1.165) is 37.7 Å². The number of anilines is 1. The van der Waals surface area contributed by atoms with Crippen LogP contribution in [0.15, 0.2) is 48.5 Å². The van der Waals surface area contributed by atoms with Gasteiger partial charge in [-0.25, -0.2) is 0 Å². The van der Waals surface area contributed by atoms with Crippen LogP contribution in [0.5, 0.6) is 11.5 Å². The molecule has 0 spiro atoms. The van der Waals surface area contributed by atoms with Gasteiger partial charge in [-0.1, -0.05) is 11.6 Å². The van der Waals surface area contributed by atoms with Crippen molar-refractivity contribution in [1.82, 2.24) is 4.90 Å². The van der Waals surface area contributed by atoms with Gasteiger partial charge in [0.15, 0.2) is 0 Å². The number of hydrogen-bond donors (Lipinski definition) is 0. The number of ether oxygens (including phenoxy) is 2. The average Bonchev–Trinajstić information content (AvgIpc) is 2.72. The highest BCUT2D eigenvalue weighted by atomic mass is 35.5. The van der Waals surface area contributed by atoms with Crippen LogP contribution in [0.2, 0.25) is 5.02 Å². The molecule has 5 nitrogen and oxygen atoms in total. The molecule has 1 saturated heterocycles. The first-order valence-corrected chi connectivity index (χ1v) is 9.58. The van der Waals surface area contributed by atoms with Crippen LogP contribution in [0.3, 0.4) is 0 Å². The highest BCUT2D eigenvalue weighted by molar-refractivity contribution is 6.30. The second-order valence-electron chi connectivity index (χ2n) is 6.47. The predicted octanol–water partition coefficient (Wildman–Crippen LogP) is 3.86. The van der Waals surface area contributed by atoms with E-state index in [-0.39, 0.29) is 5.91 Å². The molecule has 2 aromatic carbocycles. The van der Waals surface area contributed by atoms with E-state index >= 15 is 0 Å². The first kappa shape index (κ1) is 19.4. The van der Waals surface area contributed by atoms with Gasteiger partial charge in [0, 0.05) is 43.3 Å². The van der Waals surface area contributed by atoms with Crippen LogP contribution in [-0.4, -0.2) is 50.7 Å². The van der Waals surface area contributed by atoms with Crippen LogP contribution in [0.25, 0.3) is 0 Å². The third-order valence-electron chi connectivity index (χ3n) is 4.69. The fourth-order valence-corrected chi connectivity index (χ4v) is 3.24. The third-order valence-corrected chi connectivity index (χ3v) is 4.94. The largest absolute Gasteiger partial charge is 0.497 e. The van der Waals surface area contributed by atoms with Crippen molar-refractivity contribution >= 4 is 23.2 Å². The van der Waals surface area contributed by atoms with Gasteiger partial charge in [-0.15, -0.1) is 0 Å². The van der Waals surface area contributed by atoms with Crippen molar-refractivity contribution in [1.29, 1.82) is 0 Å². The molecule has 27 heavy (non-hydrogen) atoms. The van der Waals surface area contributed by atoms with E-state index in [1.54, 1.807) is 19.2 Å². The van der Waals surface area contributed by atoms with Crippen molar-refractivity contribution in [3.05, 3.63) is 53.6 Å². The summed E-state index contributed by atoms with van der Waals surface area (Å²) in [6, 6.07) is 15.3. The van der Waals surface area contributed by atoms with E-state index in [1.165, 1.54) is 5.69 Å². The van der Waals surface area contributed by atoms with Crippen molar-refractivity contribution in [2.45, 2.75) is 12.8 Å². The molecule has 144 valence electrons. The summed E-state index contributed by atoms with van der Waals surface area (Å²) in [5.41, 5.74) is 1.17. The van der Waals surface area contributed by atoms with Crippen molar-refractivity contribution in [3.8, 4) is 11.5 Å². The summed E-state index contributed by atoms with van der Waals surface area (Å²) < 4.78 is 10.8. The topological polar surface area (TPSA) is 42.0 Å². The molecule has 0 bridgehead atoms. The Bertz CT molecular complexity index is 726. The maximum absolute atomic E-state index is 12.4. The second-order valence-corrected chi connectivity index (χ2v) is 6.91. The number of nitrogens with zero attached hydrogens (tertiary/aromatic N) is 2.